The summed E-state index contributed by atoms with van der Waals surface area (Å²) in [5.74, 6) is 0.636. The van der Waals surface area contributed by atoms with Crippen LogP contribution >= 0.6 is 0 Å². The zero-order valence-electron chi connectivity index (χ0n) is 9.70. The van der Waals surface area contributed by atoms with E-state index in [-0.39, 0.29) is 0 Å². The molecule has 0 spiro atoms. The monoisotopic (exact) mass is 215 g/mol. The van der Waals surface area contributed by atoms with E-state index in [4.69, 9.17) is 0 Å². The quantitative estimate of drug-likeness (QED) is 0.822. The number of hydrogen-bond acceptors (Lipinski definition) is 2. The summed E-state index contributed by atoms with van der Waals surface area (Å²) in [5.41, 5.74) is 3.47. The van der Waals surface area contributed by atoms with E-state index in [1.165, 1.54) is 5.56 Å². The molecular formula is C13H17N3. The van der Waals surface area contributed by atoms with Gasteiger partial charge in [-0.25, -0.2) is 0 Å². The van der Waals surface area contributed by atoms with Crippen LogP contribution in [0.5, 0.6) is 0 Å². The van der Waals surface area contributed by atoms with E-state index < -0.39 is 0 Å². The van der Waals surface area contributed by atoms with Crippen LogP contribution in [0.1, 0.15) is 13.8 Å². The molecule has 0 saturated carbocycles. The van der Waals surface area contributed by atoms with Gasteiger partial charge in [-0.3, -0.25) is 5.10 Å². The molecular weight excluding hydrogens is 198 g/mol. The number of benzene rings is 1. The lowest BCUT2D eigenvalue weighted by Gasteiger charge is -2.12. The molecule has 3 heteroatoms. The van der Waals surface area contributed by atoms with Crippen molar-refractivity contribution in [2.24, 2.45) is 5.92 Å². The highest BCUT2D eigenvalue weighted by Gasteiger charge is 2.05. The third-order valence-electron chi connectivity index (χ3n) is 2.44. The van der Waals surface area contributed by atoms with E-state index in [2.05, 4.69) is 41.5 Å². The molecule has 0 bridgehead atoms. The molecule has 2 rings (SSSR count). The fraction of sp³-hybridized carbons (Fsp3) is 0.308. The predicted octanol–water partition coefficient (Wildman–Crippen LogP) is 3.14. The van der Waals surface area contributed by atoms with Gasteiger partial charge in [0.15, 0.2) is 0 Å². The maximum atomic E-state index is 3.98. The Balaban J connectivity index is 2.24. The summed E-state index contributed by atoms with van der Waals surface area (Å²) < 4.78 is 0. The molecule has 0 atom stereocenters. The Labute approximate surface area is 95.9 Å². The molecule has 0 amide bonds. The van der Waals surface area contributed by atoms with Crippen molar-refractivity contribution in [2.45, 2.75) is 13.8 Å². The summed E-state index contributed by atoms with van der Waals surface area (Å²) >= 11 is 0. The first-order chi connectivity index (χ1) is 7.77. The van der Waals surface area contributed by atoms with Gasteiger partial charge in [-0.05, 0) is 12.0 Å². The van der Waals surface area contributed by atoms with Crippen LogP contribution in [0.2, 0.25) is 0 Å². The maximum Gasteiger partial charge on any atom is 0.0566 e. The smallest absolute Gasteiger partial charge is 0.0566 e. The van der Waals surface area contributed by atoms with Gasteiger partial charge in [-0.2, -0.15) is 5.10 Å². The Morgan fingerprint density at radius 2 is 2.12 bits per heavy atom. The second-order valence-corrected chi connectivity index (χ2v) is 4.31. The van der Waals surface area contributed by atoms with Crippen molar-refractivity contribution in [1.82, 2.24) is 10.2 Å². The SMILES string of the molecule is CC(C)CNc1ccccc1-c1cn[nH]c1. The first-order valence-electron chi connectivity index (χ1n) is 5.59. The van der Waals surface area contributed by atoms with E-state index in [0.717, 1.165) is 17.8 Å². The molecule has 3 nitrogen and oxygen atoms in total. The lowest BCUT2D eigenvalue weighted by Crippen LogP contribution is -2.08. The molecule has 1 aromatic heterocycles. The number of anilines is 1. The number of nitrogens with zero attached hydrogens (tertiary/aromatic N) is 1. The second kappa shape index (κ2) is 4.84. The summed E-state index contributed by atoms with van der Waals surface area (Å²) in [6.07, 6.45) is 3.76. The van der Waals surface area contributed by atoms with Crippen LogP contribution < -0.4 is 5.32 Å². The van der Waals surface area contributed by atoms with Crippen molar-refractivity contribution >= 4 is 5.69 Å². The van der Waals surface area contributed by atoms with Crippen molar-refractivity contribution in [3.63, 3.8) is 0 Å². The summed E-state index contributed by atoms with van der Waals surface area (Å²) in [7, 11) is 0. The van der Waals surface area contributed by atoms with E-state index in [1.54, 1.807) is 0 Å². The molecule has 16 heavy (non-hydrogen) atoms. The van der Waals surface area contributed by atoms with Crippen LogP contribution in [0.15, 0.2) is 36.7 Å². The average Bonchev–Trinajstić information content (AvgIpc) is 2.80. The van der Waals surface area contributed by atoms with Crippen molar-refractivity contribution in [1.29, 1.82) is 0 Å². The number of rotatable bonds is 4. The fourth-order valence-corrected chi connectivity index (χ4v) is 1.60. The molecule has 0 aliphatic rings. The van der Waals surface area contributed by atoms with Crippen molar-refractivity contribution in [2.75, 3.05) is 11.9 Å². The predicted molar refractivity (Wildman–Crippen MR) is 67.4 cm³/mol. The third kappa shape index (κ3) is 2.42. The van der Waals surface area contributed by atoms with E-state index in [9.17, 15) is 0 Å². The van der Waals surface area contributed by atoms with E-state index >= 15 is 0 Å². The number of nitrogens with one attached hydrogen (secondary N) is 2. The number of aromatic amines is 1. The lowest BCUT2D eigenvalue weighted by atomic mass is 10.1. The minimum Gasteiger partial charge on any atom is -0.384 e. The van der Waals surface area contributed by atoms with Gasteiger partial charge in [-0.1, -0.05) is 32.0 Å². The molecule has 0 aliphatic heterocycles. The standard InChI is InChI=1S/C13H17N3/c1-10(2)7-14-13-6-4-3-5-12(13)11-8-15-16-9-11/h3-6,8-10,14H,7H2,1-2H3,(H,15,16). The molecule has 1 aromatic carbocycles. The van der Waals surface area contributed by atoms with Gasteiger partial charge in [0.05, 0.1) is 6.20 Å². The fourth-order valence-electron chi connectivity index (χ4n) is 1.60. The Morgan fingerprint density at radius 3 is 2.81 bits per heavy atom. The van der Waals surface area contributed by atoms with Gasteiger partial charge in [0.25, 0.3) is 0 Å². The van der Waals surface area contributed by atoms with Gasteiger partial charge in [-0.15, -0.1) is 0 Å². The summed E-state index contributed by atoms with van der Waals surface area (Å²) in [4.78, 5) is 0. The number of hydrogen-bond donors (Lipinski definition) is 2. The van der Waals surface area contributed by atoms with Crippen LogP contribution in [-0.4, -0.2) is 16.7 Å². The number of aromatic nitrogens is 2. The summed E-state index contributed by atoms with van der Waals surface area (Å²) in [6.45, 7) is 5.38. The zero-order chi connectivity index (χ0) is 11.4. The first-order valence-corrected chi connectivity index (χ1v) is 5.59. The lowest BCUT2D eigenvalue weighted by molar-refractivity contribution is 0.689. The summed E-state index contributed by atoms with van der Waals surface area (Å²) in [5, 5.41) is 10.3. The minimum atomic E-state index is 0.636. The summed E-state index contributed by atoms with van der Waals surface area (Å²) in [6, 6.07) is 8.30. The number of para-hydroxylation sites is 1. The normalized spacial score (nSPS) is 10.7. The van der Waals surface area contributed by atoms with Gasteiger partial charge in [0.1, 0.15) is 0 Å². The van der Waals surface area contributed by atoms with Crippen LogP contribution in [0, 0.1) is 5.92 Å². The largest absolute Gasteiger partial charge is 0.384 e. The highest BCUT2D eigenvalue weighted by atomic mass is 15.1. The highest BCUT2D eigenvalue weighted by Crippen LogP contribution is 2.26. The molecule has 84 valence electrons. The van der Waals surface area contributed by atoms with E-state index in [1.807, 2.05) is 24.5 Å². The Bertz CT molecular complexity index is 432. The number of H-pyrrole nitrogens is 1. The van der Waals surface area contributed by atoms with Crippen molar-refractivity contribution < 1.29 is 0 Å². The van der Waals surface area contributed by atoms with Gasteiger partial charge >= 0.3 is 0 Å². The molecule has 0 saturated heterocycles. The van der Waals surface area contributed by atoms with Gasteiger partial charge in [0.2, 0.25) is 0 Å². The van der Waals surface area contributed by atoms with Crippen LogP contribution in [0.3, 0.4) is 0 Å². The second-order valence-electron chi connectivity index (χ2n) is 4.31. The molecule has 2 aromatic rings. The molecule has 2 N–H and O–H groups in total. The Hall–Kier alpha value is -1.77. The molecule has 0 radical (unpaired) electrons. The van der Waals surface area contributed by atoms with Gasteiger partial charge in [0, 0.05) is 29.6 Å². The van der Waals surface area contributed by atoms with Crippen LogP contribution in [0.4, 0.5) is 5.69 Å². The van der Waals surface area contributed by atoms with Gasteiger partial charge < -0.3 is 5.32 Å². The van der Waals surface area contributed by atoms with Crippen LogP contribution in [-0.2, 0) is 0 Å². The average molecular weight is 215 g/mol. The highest BCUT2D eigenvalue weighted by molar-refractivity contribution is 5.76. The minimum absolute atomic E-state index is 0.636. The molecule has 0 unspecified atom stereocenters. The molecule has 0 fully saturated rings. The molecule has 1 heterocycles. The topological polar surface area (TPSA) is 40.7 Å². The first kappa shape index (κ1) is 10.7. The zero-order valence-corrected chi connectivity index (χ0v) is 9.70. The van der Waals surface area contributed by atoms with E-state index in [0.29, 0.717) is 5.92 Å². The Morgan fingerprint density at radius 1 is 1.31 bits per heavy atom. The Kier molecular flexibility index (Phi) is 3.25. The maximum absolute atomic E-state index is 3.98. The van der Waals surface area contributed by atoms with Crippen LogP contribution in [0.25, 0.3) is 11.1 Å². The third-order valence-corrected chi connectivity index (χ3v) is 2.44. The van der Waals surface area contributed by atoms with Crippen molar-refractivity contribution in [3.05, 3.63) is 36.7 Å². The molecule has 0 aliphatic carbocycles. The van der Waals surface area contributed by atoms with Crippen molar-refractivity contribution in [3.8, 4) is 11.1 Å².